The van der Waals surface area contributed by atoms with Gasteiger partial charge in [0.1, 0.15) is 6.04 Å². The van der Waals surface area contributed by atoms with Crippen LogP contribution in [0.15, 0.2) is 132 Å². The van der Waals surface area contributed by atoms with Gasteiger partial charge < -0.3 is 24.6 Å². The Morgan fingerprint density at radius 3 is 2.18 bits per heavy atom. The van der Waals surface area contributed by atoms with Crippen molar-refractivity contribution in [2.45, 2.75) is 62.9 Å². The second kappa shape index (κ2) is 18.7. The summed E-state index contributed by atoms with van der Waals surface area (Å²) in [6.45, 7) is 8.22. The van der Waals surface area contributed by atoms with Crippen molar-refractivity contribution in [2.75, 3.05) is 32.8 Å². The van der Waals surface area contributed by atoms with Crippen molar-refractivity contribution in [3.63, 3.8) is 0 Å². The fraction of sp³-hybridized carbons (Fsp3) is 0.326. The summed E-state index contributed by atoms with van der Waals surface area (Å²) in [5.41, 5.74) is 7.44. The van der Waals surface area contributed by atoms with E-state index in [-0.39, 0.29) is 42.6 Å². The molecule has 5 atom stereocenters. The molecule has 57 heavy (non-hydrogen) atoms. The number of aliphatic hydroxyl groups is 1. The van der Waals surface area contributed by atoms with Crippen molar-refractivity contribution >= 4 is 15.9 Å². The van der Waals surface area contributed by atoms with Crippen molar-refractivity contribution in [3.05, 3.63) is 161 Å². The molecule has 2 aliphatic heterocycles. The molecule has 0 aliphatic carbocycles. The second-order valence-corrected chi connectivity index (χ2v) is 16.7. The Kier molecular flexibility index (Phi) is 13.3. The van der Waals surface area contributed by atoms with E-state index < -0.39 is 28.3 Å². The summed E-state index contributed by atoms with van der Waals surface area (Å²) >= 11 is 0. The highest BCUT2D eigenvalue weighted by Crippen LogP contribution is 2.42. The smallest absolute Gasteiger partial charge is 0.241 e. The second-order valence-electron chi connectivity index (χ2n) is 15.0. The minimum Gasteiger partial charge on any atom is -0.392 e. The van der Waals surface area contributed by atoms with Crippen LogP contribution in [0.3, 0.4) is 0 Å². The van der Waals surface area contributed by atoms with Crippen LogP contribution in [-0.2, 0) is 48.6 Å². The lowest BCUT2D eigenvalue weighted by Gasteiger charge is -2.43. The lowest BCUT2D eigenvalue weighted by Crippen LogP contribution is -2.47. The van der Waals surface area contributed by atoms with E-state index in [0.29, 0.717) is 13.2 Å². The number of nitrogens with zero attached hydrogens (tertiary/aromatic N) is 1. The Balaban J connectivity index is 1.04. The molecule has 0 bridgehead atoms. The minimum atomic E-state index is -3.96. The molecule has 0 radical (unpaired) electrons. The van der Waals surface area contributed by atoms with Gasteiger partial charge in [-0.05, 0) is 64.9 Å². The Bertz CT molecular complexity index is 2180. The highest BCUT2D eigenvalue weighted by atomic mass is 32.2. The highest BCUT2D eigenvalue weighted by molar-refractivity contribution is 7.89. The molecule has 298 valence electrons. The average Bonchev–Trinajstić information content (AvgIpc) is 3.24. The first-order valence-corrected chi connectivity index (χ1v) is 21.0. The van der Waals surface area contributed by atoms with Gasteiger partial charge in [0.2, 0.25) is 15.9 Å². The largest absolute Gasteiger partial charge is 0.392 e. The van der Waals surface area contributed by atoms with Crippen molar-refractivity contribution in [2.24, 2.45) is 5.92 Å². The zero-order chi connectivity index (χ0) is 39.8. The fourth-order valence-corrected chi connectivity index (χ4v) is 8.58. The average molecular weight is 790 g/mol. The summed E-state index contributed by atoms with van der Waals surface area (Å²) in [4.78, 5) is 16.1. The summed E-state index contributed by atoms with van der Waals surface area (Å²) in [6, 6.07) is 39.0. The van der Waals surface area contributed by atoms with Gasteiger partial charge in [0.05, 0.1) is 36.9 Å². The van der Waals surface area contributed by atoms with Crippen LogP contribution in [0.2, 0.25) is 0 Å². The Labute approximate surface area is 335 Å². The summed E-state index contributed by atoms with van der Waals surface area (Å²) < 4.78 is 48.3. The third-order valence-corrected chi connectivity index (χ3v) is 12.3. The summed E-state index contributed by atoms with van der Waals surface area (Å²) in [6.07, 6.45) is -0.639. The number of carbonyl (C=O) groups is 1. The molecule has 5 aromatic carbocycles. The summed E-state index contributed by atoms with van der Waals surface area (Å²) in [7, 11) is -3.96. The number of hydrogen-bond acceptors (Lipinski definition) is 8. The fourth-order valence-electron chi connectivity index (χ4n) is 7.38. The number of aliphatic hydroxyl groups excluding tert-OH is 1. The molecule has 0 spiro atoms. The maximum Gasteiger partial charge on any atom is 0.241 e. The number of amides is 1. The molecular formula is C46H51N3O7S. The topological polar surface area (TPSA) is 126 Å². The van der Waals surface area contributed by atoms with Gasteiger partial charge in [-0.25, -0.2) is 8.42 Å². The van der Waals surface area contributed by atoms with Crippen molar-refractivity contribution in [1.29, 1.82) is 0 Å². The van der Waals surface area contributed by atoms with Crippen LogP contribution in [-0.4, -0.2) is 69.3 Å². The van der Waals surface area contributed by atoms with E-state index in [1.54, 1.807) is 24.3 Å². The van der Waals surface area contributed by atoms with Crippen molar-refractivity contribution in [1.82, 2.24) is 14.9 Å². The normalized spacial score (nSPS) is 20.8. The maximum atomic E-state index is 13.6. The van der Waals surface area contributed by atoms with Crippen LogP contribution in [0.4, 0.5) is 0 Å². The number of carbonyl (C=O) groups excluding carboxylic acids is 1. The number of benzene rings is 5. The molecule has 2 saturated heterocycles. The van der Waals surface area contributed by atoms with Crippen molar-refractivity contribution < 1.29 is 32.5 Å². The molecule has 2 heterocycles. The van der Waals surface area contributed by atoms with Crippen LogP contribution in [0.1, 0.15) is 52.7 Å². The van der Waals surface area contributed by atoms with Crippen LogP contribution in [0, 0.1) is 12.8 Å². The van der Waals surface area contributed by atoms with E-state index in [0.717, 1.165) is 64.1 Å². The van der Waals surface area contributed by atoms with Crippen LogP contribution >= 0.6 is 0 Å². The summed E-state index contributed by atoms with van der Waals surface area (Å²) in [5.74, 6) is -0.325. The number of aryl methyl sites for hydroxylation is 1. The lowest BCUT2D eigenvalue weighted by molar-refractivity contribution is -0.277. The van der Waals surface area contributed by atoms with Gasteiger partial charge in [0, 0.05) is 37.7 Å². The molecule has 0 aromatic heterocycles. The summed E-state index contributed by atoms with van der Waals surface area (Å²) in [5, 5.41) is 12.6. The van der Waals surface area contributed by atoms with Crippen LogP contribution in [0.5, 0.6) is 0 Å². The number of ether oxygens (including phenoxy) is 3. The SMILES string of the molecule is Cc1ccc(S(=O)(=O)NC(Cc2ccccc2)C(=O)NCc2cccc(-c3ccc(C4OC(CN5CCOCC5)C(C)C(c5ccc(CO)cc5)O4)cc3)c2)cc1. The third-order valence-electron chi connectivity index (χ3n) is 10.8. The zero-order valence-electron chi connectivity index (χ0n) is 32.4. The minimum absolute atomic E-state index is 0.00918. The molecule has 11 heteroatoms. The Morgan fingerprint density at radius 1 is 0.789 bits per heavy atom. The van der Waals surface area contributed by atoms with Crippen LogP contribution < -0.4 is 10.0 Å². The molecule has 5 aromatic rings. The first-order valence-electron chi connectivity index (χ1n) is 19.6. The first-order chi connectivity index (χ1) is 27.6. The number of morpholine rings is 1. The number of hydrogen-bond donors (Lipinski definition) is 3. The molecule has 3 N–H and O–H groups in total. The number of sulfonamides is 1. The van der Waals surface area contributed by atoms with Gasteiger partial charge in [-0.3, -0.25) is 9.69 Å². The van der Waals surface area contributed by atoms with E-state index in [2.05, 4.69) is 34.0 Å². The van der Waals surface area contributed by atoms with Gasteiger partial charge in [-0.2, -0.15) is 4.72 Å². The molecule has 5 unspecified atom stereocenters. The predicted molar refractivity (Wildman–Crippen MR) is 219 cm³/mol. The van der Waals surface area contributed by atoms with Gasteiger partial charge >= 0.3 is 0 Å². The molecule has 0 saturated carbocycles. The molecule has 2 aliphatic rings. The van der Waals surface area contributed by atoms with E-state index in [1.165, 1.54) is 0 Å². The van der Waals surface area contributed by atoms with Gasteiger partial charge in [-0.1, -0.05) is 122 Å². The molecule has 10 nitrogen and oxygen atoms in total. The van der Waals surface area contributed by atoms with E-state index >= 15 is 0 Å². The first kappa shape index (κ1) is 40.5. The van der Waals surface area contributed by atoms with Gasteiger partial charge in [0.15, 0.2) is 6.29 Å². The molecule has 1 amide bonds. The van der Waals surface area contributed by atoms with Crippen LogP contribution in [0.25, 0.3) is 11.1 Å². The number of rotatable bonds is 14. The van der Waals surface area contributed by atoms with Crippen molar-refractivity contribution in [3.8, 4) is 11.1 Å². The zero-order valence-corrected chi connectivity index (χ0v) is 33.2. The van der Waals surface area contributed by atoms with E-state index in [9.17, 15) is 18.3 Å². The maximum absolute atomic E-state index is 13.6. The Hall–Kier alpha value is -4.72. The number of nitrogens with one attached hydrogen (secondary N) is 2. The monoisotopic (exact) mass is 789 g/mol. The highest BCUT2D eigenvalue weighted by Gasteiger charge is 2.39. The molecular weight excluding hydrogens is 739 g/mol. The lowest BCUT2D eigenvalue weighted by atomic mass is 9.90. The molecule has 7 rings (SSSR count). The quantitative estimate of drug-likeness (QED) is 0.117. The van der Waals surface area contributed by atoms with E-state index in [4.69, 9.17) is 14.2 Å². The van der Waals surface area contributed by atoms with Gasteiger partial charge in [-0.15, -0.1) is 0 Å². The van der Waals surface area contributed by atoms with E-state index in [1.807, 2.05) is 97.9 Å². The molecule has 2 fully saturated rings. The Morgan fingerprint density at radius 2 is 1.47 bits per heavy atom. The standard InChI is InChI=1S/C46H51N3O7S/c1-32-11-21-41(22-12-32)57(52,53)48-42(28-34-7-4-3-5-8-34)45(51)47-29-36-9-6-10-40(27-36)37-17-19-39(20-18-37)46-55-43(30-49-23-25-54-26-24-49)33(2)44(56-46)38-15-13-35(31-50)14-16-38/h3-22,27,33,42-44,46,48,50H,23-26,28-31H2,1-2H3,(H,47,51). The predicted octanol–water partition coefficient (Wildman–Crippen LogP) is 6.48. The third kappa shape index (κ3) is 10.4. The van der Waals surface area contributed by atoms with Gasteiger partial charge in [0.25, 0.3) is 0 Å².